The maximum Gasteiger partial charge on any atom is 0.214 e. The van der Waals surface area contributed by atoms with Gasteiger partial charge in [0.25, 0.3) is 0 Å². The van der Waals surface area contributed by atoms with Gasteiger partial charge in [-0.25, -0.2) is 4.98 Å². The molecule has 0 radical (unpaired) electrons. The molecule has 0 N–H and O–H groups in total. The van der Waals surface area contributed by atoms with Crippen molar-refractivity contribution in [2.75, 3.05) is 18.0 Å². The second-order valence-electron chi connectivity index (χ2n) is 4.87. The first kappa shape index (κ1) is 14.4. The van der Waals surface area contributed by atoms with E-state index < -0.39 is 5.95 Å². The SMILES string of the molecule is Fc1cccc(N2CCC(Oc3ccc(Cl)c(Cl)c3)C2)n1. The van der Waals surface area contributed by atoms with Crippen molar-refractivity contribution in [3.8, 4) is 5.75 Å². The van der Waals surface area contributed by atoms with Crippen LogP contribution in [-0.2, 0) is 0 Å². The summed E-state index contributed by atoms with van der Waals surface area (Å²) in [6.07, 6.45) is 0.866. The summed E-state index contributed by atoms with van der Waals surface area (Å²) in [5, 5.41) is 0.969. The Morgan fingerprint density at radius 2 is 2.05 bits per heavy atom. The largest absolute Gasteiger partial charge is 0.488 e. The number of pyridine rings is 1. The molecule has 0 aliphatic carbocycles. The quantitative estimate of drug-likeness (QED) is 0.791. The number of halogens is 3. The summed E-state index contributed by atoms with van der Waals surface area (Å²) in [5.74, 6) is 0.847. The molecule has 0 bridgehead atoms. The van der Waals surface area contributed by atoms with E-state index in [1.165, 1.54) is 6.07 Å². The predicted octanol–water partition coefficient (Wildman–Crippen LogP) is 4.19. The molecular weight excluding hydrogens is 314 g/mol. The van der Waals surface area contributed by atoms with E-state index in [0.717, 1.165) is 13.0 Å². The van der Waals surface area contributed by atoms with Gasteiger partial charge in [0.2, 0.25) is 5.95 Å². The van der Waals surface area contributed by atoms with Crippen molar-refractivity contribution in [3.63, 3.8) is 0 Å². The monoisotopic (exact) mass is 326 g/mol. The first-order chi connectivity index (χ1) is 10.1. The lowest BCUT2D eigenvalue weighted by Crippen LogP contribution is -2.25. The van der Waals surface area contributed by atoms with Crippen LogP contribution in [0.3, 0.4) is 0 Å². The van der Waals surface area contributed by atoms with E-state index in [4.69, 9.17) is 27.9 Å². The highest BCUT2D eigenvalue weighted by Crippen LogP contribution is 2.28. The van der Waals surface area contributed by atoms with Crippen LogP contribution in [0.1, 0.15) is 6.42 Å². The van der Waals surface area contributed by atoms with E-state index in [0.29, 0.717) is 28.2 Å². The van der Waals surface area contributed by atoms with E-state index in [1.807, 2.05) is 4.90 Å². The van der Waals surface area contributed by atoms with Crippen molar-refractivity contribution in [1.82, 2.24) is 4.98 Å². The molecule has 2 heterocycles. The van der Waals surface area contributed by atoms with Crippen LogP contribution in [0.5, 0.6) is 5.75 Å². The minimum Gasteiger partial charge on any atom is -0.488 e. The molecule has 2 aromatic rings. The normalized spacial score (nSPS) is 18.0. The molecule has 6 heteroatoms. The molecule has 21 heavy (non-hydrogen) atoms. The summed E-state index contributed by atoms with van der Waals surface area (Å²) in [5.41, 5.74) is 0. The molecular formula is C15H13Cl2FN2O. The molecule has 0 spiro atoms. The van der Waals surface area contributed by atoms with Crippen LogP contribution in [0, 0.1) is 5.95 Å². The second-order valence-corrected chi connectivity index (χ2v) is 5.68. The van der Waals surface area contributed by atoms with Crippen molar-refractivity contribution in [3.05, 3.63) is 52.4 Å². The lowest BCUT2D eigenvalue weighted by atomic mass is 10.3. The molecule has 0 saturated carbocycles. The number of hydrogen-bond donors (Lipinski definition) is 0. The van der Waals surface area contributed by atoms with Gasteiger partial charge in [-0.1, -0.05) is 29.3 Å². The predicted molar refractivity (Wildman–Crippen MR) is 81.9 cm³/mol. The Morgan fingerprint density at radius 3 is 2.81 bits per heavy atom. The maximum atomic E-state index is 13.2. The highest BCUT2D eigenvalue weighted by Gasteiger charge is 2.25. The lowest BCUT2D eigenvalue weighted by molar-refractivity contribution is 0.225. The van der Waals surface area contributed by atoms with Gasteiger partial charge < -0.3 is 9.64 Å². The smallest absolute Gasteiger partial charge is 0.214 e. The fraction of sp³-hybridized carbons (Fsp3) is 0.267. The highest BCUT2D eigenvalue weighted by atomic mass is 35.5. The third-order valence-corrected chi connectivity index (χ3v) is 4.10. The van der Waals surface area contributed by atoms with Crippen molar-refractivity contribution < 1.29 is 9.13 Å². The number of nitrogens with zero attached hydrogens (tertiary/aromatic N) is 2. The molecule has 1 atom stereocenters. The van der Waals surface area contributed by atoms with Gasteiger partial charge in [-0.2, -0.15) is 4.39 Å². The van der Waals surface area contributed by atoms with E-state index in [-0.39, 0.29) is 6.10 Å². The van der Waals surface area contributed by atoms with Crippen LogP contribution >= 0.6 is 23.2 Å². The Labute approximate surface area is 132 Å². The average molecular weight is 327 g/mol. The van der Waals surface area contributed by atoms with Crippen molar-refractivity contribution in [2.24, 2.45) is 0 Å². The molecule has 1 unspecified atom stereocenters. The molecule has 1 aromatic carbocycles. The Bertz CT molecular complexity index is 653. The molecule has 3 rings (SSSR count). The second kappa shape index (κ2) is 6.08. The minimum atomic E-state index is -0.471. The molecule has 1 aliphatic heterocycles. The molecule has 3 nitrogen and oxygen atoms in total. The minimum absolute atomic E-state index is 0.0207. The van der Waals surface area contributed by atoms with Gasteiger partial charge in [-0.3, -0.25) is 0 Å². The first-order valence-corrected chi connectivity index (χ1v) is 7.36. The molecule has 110 valence electrons. The van der Waals surface area contributed by atoms with E-state index in [9.17, 15) is 4.39 Å². The van der Waals surface area contributed by atoms with Gasteiger partial charge in [0.05, 0.1) is 16.6 Å². The zero-order valence-electron chi connectivity index (χ0n) is 11.1. The number of aromatic nitrogens is 1. The summed E-state index contributed by atoms with van der Waals surface area (Å²) >= 11 is 11.8. The summed E-state index contributed by atoms with van der Waals surface area (Å²) in [4.78, 5) is 5.89. The molecule has 1 fully saturated rings. The molecule has 1 aromatic heterocycles. The maximum absolute atomic E-state index is 13.2. The number of hydrogen-bond acceptors (Lipinski definition) is 3. The molecule has 0 amide bonds. The van der Waals surface area contributed by atoms with Crippen LogP contribution in [0.15, 0.2) is 36.4 Å². The first-order valence-electron chi connectivity index (χ1n) is 6.61. The zero-order valence-corrected chi connectivity index (χ0v) is 12.6. The highest BCUT2D eigenvalue weighted by molar-refractivity contribution is 6.42. The topological polar surface area (TPSA) is 25.4 Å². The zero-order chi connectivity index (χ0) is 14.8. The van der Waals surface area contributed by atoms with Crippen LogP contribution in [0.4, 0.5) is 10.2 Å². The van der Waals surface area contributed by atoms with Gasteiger partial charge in [0.15, 0.2) is 0 Å². The summed E-state index contributed by atoms with van der Waals surface area (Å²) < 4.78 is 19.0. The van der Waals surface area contributed by atoms with Crippen LogP contribution in [-0.4, -0.2) is 24.2 Å². The van der Waals surface area contributed by atoms with Crippen LogP contribution in [0.2, 0.25) is 10.0 Å². The van der Waals surface area contributed by atoms with Gasteiger partial charge in [-0.15, -0.1) is 0 Å². The van der Waals surface area contributed by atoms with Gasteiger partial charge in [0, 0.05) is 19.0 Å². The van der Waals surface area contributed by atoms with Gasteiger partial charge >= 0.3 is 0 Å². The van der Waals surface area contributed by atoms with Crippen molar-refractivity contribution >= 4 is 29.0 Å². The summed E-state index contributed by atoms with van der Waals surface area (Å²) in [6.45, 7) is 1.44. The third-order valence-electron chi connectivity index (χ3n) is 3.36. The standard InChI is InChI=1S/C15H13Cl2FN2O/c16-12-5-4-10(8-13(12)17)21-11-6-7-20(9-11)15-3-1-2-14(18)19-15/h1-5,8,11H,6-7,9H2. The van der Waals surface area contributed by atoms with Gasteiger partial charge in [0.1, 0.15) is 17.7 Å². The number of rotatable bonds is 3. The number of benzene rings is 1. The van der Waals surface area contributed by atoms with Crippen molar-refractivity contribution in [1.29, 1.82) is 0 Å². The Balaban J connectivity index is 1.65. The molecule has 1 aliphatic rings. The van der Waals surface area contributed by atoms with Crippen LogP contribution < -0.4 is 9.64 Å². The number of ether oxygens (including phenoxy) is 1. The Kier molecular flexibility index (Phi) is 4.17. The fourth-order valence-corrected chi connectivity index (χ4v) is 2.64. The van der Waals surface area contributed by atoms with E-state index in [2.05, 4.69) is 4.98 Å². The Morgan fingerprint density at radius 1 is 1.19 bits per heavy atom. The summed E-state index contributed by atoms with van der Waals surface area (Å²) in [6, 6.07) is 9.99. The summed E-state index contributed by atoms with van der Waals surface area (Å²) in [7, 11) is 0. The van der Waals surface area contributed by atoms with Crippen LogP contribution in [0.25, 0.3) is 0 Å². The fourth-order valence-electron chi connectivity index (χ4n) is 2.35. The average Bonchev–Trinajstić information content (AvgIpc) is 2.91. The van der Waals surface area contributed by atoms with Crippen molar-refractivity contribution in [2.45, 2.75) is 12.5 Å². The van der Waals surface area contributed by atoms with Gasteiger partial charge in [-0.05, 0) is 24.3 Å². The number of anilines is 1. The van der Waals surface area contributed by atoms with E-state index >= 15 is 0 Å². The lowest BCUT2D eigenvalue weighted by Gasteiger charge is -2.18. The third kappa shape index (κ3) is 3.39. The van der Waals surface area contributed by atoms with E-state index in [1.54, 1.807) is 30.3 Å². The Hall–Kier alpha value is -1.52. The molecule has 1 saturated heterocycles.